The number of pyridine rings is 1. The molecule has 0 aliphatic carbocycles. The molecule has 6 nitrogen and oxygen atoms in total. The lowest BCUT2D eigenvalue weighted by Crippen LogP contribution is -2.06. The molecule has 3 N–H and O–H groups in total. The van der Waals surface area contributed by atoms with Crippen LogP contribution in [0.4, 0.5) is 5.69 Å². The summed E-state index contributed by atoms with van der Waals surface area (Å²) in [7, 11) is 0. The molecule has 82 valence electrons. The maximum Gasteiger partial charge on any atom is 0.337 e. The normalized spacial score (nSPS) is 10.3. The molecule has 0 saturated carbocycles. The molecule has 0 radical (unpaired) electrons. The first-order valence-electron chi connectivity index (χ1n) is 4.27. The van der Waals surface area contributed by atoms with Gasteiger partial charge in [-0.25, -0.2) is 14.5 Å². The van der Waals surface area contributed by atoms with E-state index in [1.807, 2.05) is 0 Å². The van der Waals surface area contributed by atoms with E-state index in [1.54, 1.807) is 12.4 Å². The predicted octanol–water partition coefficient (Wildman–Crippen LogP) is 1.31. The molecular formula is C9H7BrN4O2. The van der Waals surface area contributed by atoms with Gasteiger partial charge in [0.05, 0.1) is 28.1 Å². The average molecular weight is 283 g/mol. The molecule has 0 atom stereocenters. The minimum atomic E-state index is -1.09. The monoisotopic (exact) mass is 282 g/mol. The van der Waals surface area contributed by atoms with Gasteiger partial charge in [-0.05, 0) is 22.0 Å². The number of carboxylic acids is 1. The number of rotatable bonds is 2. The fourth-order valence-corrected chi connectivity index (χ4v) is 1.48. The summed E-state index contributed by atoms with van der Waals surface area (Å²) in [6.07, 6.45) is 4.55. The molecule has 2 aromatic rings. The Morgan fingerprint density at radius 2 is 2.25 bits per heavy atom. The summed E-state index contributed by atoms with van der Waals surface area (Å²) in [6.45, 7) is 0. The van der Waals surface area contributed by atoms with Crippen molar-refractivity contribution in [1.29, 1.82) is 0 Å². The molecule has 0 spiro atoms. The van der Waals surface area contributed by atoms with Crippen LogP contribution in [0.3, 0.4) is 0 Å². The first kappa shape index (κ1) is 10.6. The minimum absolute atomic E-state index is 0.0108. The number of nitrogens with zero attached hydrogens (tertiary/aromatic N) is 3. The third-order valence-corrected chi connectivity index (χ3v) is 2.35. The van der Waals surface area contributed by atoms with Crippen LogP contribution < -0.4 is 5.73 Å². The Labute approximate surface area is 98.8 Å². The van der Waals surface area contributed by atoms with Crippen molar-refractivity contribution in [2.45, 2.75) is 0 Å². The van der Waals surface area contributed by atoms with Crippen LogP contribution in [0.1, 0.15) is 10.4 Å². The molecule has 2 aromatic heterocycles. The molecule has 0 aliphatic heterocycles. The van der Waals surface area contributed by atoms with Gasteiger partial charge in [-0.2, -0.15) is 5.10 Å². The van der Waals surface area contributed by atoms with Crippen molar-refractivity contribution < 1.29 is 9.90 Å². The standard InChI is InChI=1S/C9H7BrN4O2/c10-5-2-13-14(4-5)8-1-6(9(15)16)7(11)3-12-8/h1-4H,11H2,(H,15,16). The SMILES string of the molecule is Nc1cnc(-n2cc(Br)cn2)cc1C(=O)O. The summed E-state index contributed by atoms with van der Waals surface area (Å²) in [4.78, 5) is 14.9. The van der Waals surface area contributed by atoms with Gasteiger partial charge >= 0.3 is 5.97 Å². The molecular weight excluding hydrogens is 276 g/mol. The molecule has 7 heteroatoms. The zero-order chi connectivity index (χ0) is 11.7. The van der Waals surface area contributed by atoms with Crippen molar-refractivity contribution in [2.24, 2.45) is 0 Å². The van der Waals surface area contributed by atoms with Crippen molar-refractivity contribution in [3.8, 4) is 5.82 Å². The van der Waals surface area contributed by atoms with E-state index >= 15 is 0 Å². The fourth-order valence-electron chi connectivity index (χ4n) is 1.19. The number of nitrogen functional groups attached to an aromatic ring is 1. The van der Waals surface area contributed by atoms with Gasteiger partial charge < -0.3 is 10.8 Å². The number of nitrogens with two attached hydrogens (primary N) is 1. The zero-order valence-electron chi connectivity index (χ0n) is 7.96. The predicted molar refractivity (Wildman–Crippen MR) is 60.4 cm³/mol. The van der Waals surface area contributed by atoms with E-state index in [0.717, 1.165) is 4.47 Å². The van der Waals surface area contributed by atoms with E-state index in [-0.39, 0.29) is 11.3 Å². The maximum atomic E-state index is 10.9. The first-order valence-corrected chi connectivity index (χ1v) is 5.06. The van der Waals surface area contributed by atoms with Gasteiger partial charge in [-0.3, -0.25) is 0 Å². The number of carbonyl (C=O) groups is 1. The average Bonchev–Trinajstić information content (AvgIpc) is 2.65. The summed E-state index contributed by atoms with van der Waals surface area (Å²) in [5.74, 6) is -0.690. The van der Waals surface area contributed by atoms with Gasteiger partial charge in [0, 0.05) is 6.20 Å². The van der Waals surface area contributed by atoms with E-state index in [0.29, 0.717) is 5.82 Å². The topological polar surface area (TPSA) is 94.0 Å². The third-order valence-electron chi connectivity index (χ3n) is 1.94. The molecule has 0 saturated heterocycles. The Morgan fingerprint density at radius 1 is 1.50 bits per heavy atom. The highest BCUT2D eigenvalue weighted by atomic mass is 79.9. The lowest BCUT2D eigenvalue weighted by molar-refractivity contribution is 0.0698. The number of carboxylic acid groups (broad SMARTS) is 1. The molecule has 0 aliphatic rings. The van der Waals surface area contributed by atoms with Crippen LogP contribution in [0, 0.1) is 0 Å². The first-order chi connectivity index (χ1) is 7.58. The van der Waals surface area contributed by atoms with Crippen molar-refractivity contribution in [2.75, 3.05) is 5.73 Å². The van der Waals surface area contributed by atoms with Gasteiger partial charge in [0.15, 0.2) is 5.82 Å². The van der Waals surface area contributed by atoms with Crippen molar-refractivity contribution in [3.05, 3.63) is 34.7 Å². The van der Waals surface area contributed by atoms with Crippen molar-refractivity contribution in [1.82, 2.24) is 14.8 Å². The zero-order valence-corrected chi connectivity index (χ0v) is 9.55. The molecule has 0 bridgehead atoms. The molecule has 0 aromatic carbocycles. The van der Waals surface area contributed by atoms with Crippen LogP contribution in [0.15, 0.2) is 29.1 Å². The largest absolute Gasteiger partial charge is 0.478 e. The van der Waals surface area contributed by atoms with Crippen LogP contribution in [0.5, 0.6) is 0 Å². The smallest absolute Gasteiger partial charge is 0.337 e. The Bertz CT molecular complexity index is 552. The van der Waals surface area contributed by atoms with Crippen molar-refractivity contribution in [3.63, 3.8) is 0 Å². The number of aromatic nitrogens is 3. The number of hydrogen-bond donors (Lipinski definition) is 2. The molecule has 0 unspecified atom stereocenters. The summed E-state index contributed by atoms with van der Waals surface area (Å²) < 4.78 is 2.23. The van der Waals surface area contributed by atoms with Crippen LogP contribution >= 0.6 is 15.9 Å². The molecule has 2 heterocycles. The lowest BCUT2D eigenvalue weighted by Gasteiger charge is -2.03. The van der Waals surface area contributed by atoms with E-state index in [9.17, 15) is 4.79 Å². The molecule has 16 heavy (non-hydrogen) atoms. The number of anilines is 1. The summed E-state index contributed by atoms with van der Waals surface area (Å²) in [6, 6.07) is 1.37. The van der Waals surface area contributed by atoms with E-state index < -0.39 is 5.97 Å². The van der Waals surface area contributed by atoms with Gasteiger partial charge in [-0.1, -0.05) is 0 Å². The third kappa shape index (κ3) is 1.89. The fraction of sp³-hybridized carbons (Fsp3) is 0. The number of halogens is 1. The highest BCUT2D eigenvalue weighted by Crippen LogP contribution is 2.15. The Kier molecular flexibility index (Phi) is 2.61. The highest BCUT2D eigenvalue weighted by Gasteiger charge is 2.10. The van der Waals surface area contributed by atoms with Gasteiger partial charge in [0.1, 0.15) is 0 Å². The lowest BCUT2D eigenvalue weighted by atomic mass is 10.2. The quantitative estimate of drug-likeness (QED) is 0.866. The number of aromatic carboxylic acids is 1. The Balaban J connectivity index is 2.51. The van der Waals surface area contributed by atoms with Crippen LogP contribution in [-0.4, -0.2) is 25.8 Å². The molecule has 0 amide bonds. The van der Waals surface area contributed by atoms with Crippen LogP contribution in [0.25, 0.3) is 5.82 Å². The minimum Gasteiger partial charge on any atom is -0.478 e. The molecule has 0 fully saturated rings. The van der Waals surface area contributed by atoms with Gasteiger partial charge in [-0.15, -0.1) is 0 Å². The maximum absolute atomic E-state index is 10.9. The molecule has 2 rings (SSSR count). The van der Waals surface area contributed by atoms with E-state index in [4.69, 9.17) is 10.8 Å². The summed E-state index contributed by atoms with van der Waals surface area (Å²) in [5, 5.41) is 12.9. The van der Waals surface area contributed by atoms with E-state index in [2.05, 4.69) is 26.0 Å². The second-order valence-corrected chi connectivity index (χ2v) is 3.95. The Morgan fingerprint density at radius 3 is 2.81 bits per heavy atom. The number of hydrogen-bond acceptors (Lipinski definition) is 4. The van der Waals surface area contributed by atoms with Gasteiger partial charge in [0.2, 0.25) is 0 Å². The summed E-state index contributed by atoms with van der Waals surface area (Å²) >= 11 is 3.24. The second kappa shape index (κ2) is 3.93. The van der Waals surface area contributed by atoms with Crippen molar-refractivity contribution >= 4 is 27.6 Å². The van der Waals surface area contributed by atoms with Crippen LogP contribution in [0.2, 0.25) is 0 Å². The van der Waals surface area contributed by atoms with E-state index in [1.165, 1.54) is 16.9 Å². The van der Waals surface area contributed by atoms with Gasteiger partial charge in [0.25, 0.3) is 0 Å². The summed E-state index contributed by atoms with van der Waals surface area (Å²) in [5.41, 5.74) is 5.63. The van der Waals surface area contributed by atoms with Crippen LogP contribution in [-0.2, 0) is 0 Å². The highest BCUT2D eigenvalue weighted by molar-refractivity contribution is 9.10. The Hall–Kier alpha value is -1.89. The second-order valence-electron chi connectivity index (χ2n) is 3.04.